The molecule has 5 nitrogen and oxygen atoms in total. The van der Waals surface area contributed by atoms with Crippen LogP contribution in [0.5, 0.6) is 5.75 Å². The summed E-state index contributed by atoms with van der Waals surface area (Å²) >= 11 is 0. The van der Waals surface area contributed by atoms with Crippen LogP contribution in [0.1, 0.15) is 10.4 Å². The SMILES string of the molecule is COc1ccccc1C(=O)CN1CCN(CCO)CC1. The number of ketones is 1. The first-order valence-corrected chi connectivity index (χ1v) is 6.96. The quantitative estimate of drug-likeness (QED) is 0.768. The van der Waals surface area contributed by atoms with Crippen molar-refractivity contribution in [2.24, 2.45) is 0 Å². The number of carbonyl (C=O) groups is 1. The number of piperazine rings is 1. The van der Waals surface area contributed by atoms with E-state index in [0.717, 1.165) is 26.2 Å². The van der Waals surface area contributed by atoms with Gasteiger partial charge in [-0.1, -0.05) is 12.1 Å². The predicted molar refractivity (Wildman–Crippen MR) is 77.3 cm³/mol. The summed E-state index contributed by atoms with van der Waals surface area (Å²) < 4.78 is 5.23. The third-order valence-electron chi connectivity index (χ3n) is 3.66. The van der Waals surface area contributed by atoms with Crippen molar-refractivity contribution in [3.63, 3.8) is 0 Å². The Kier molecular flexibility index (Phi) is 5.52. The van der Waals surface area contributed by atoms with Gasteiger partial charge < -0.3 is 9.84 Å². The zero-order valence-electron chi connectivity index (χ0n) is 11.9. The third-order valence-corrected chi connectivity index (χ3v) is 3.66. The zero-order chi connectivity index (χ0) is 14.4. The van der Waals surface area contributed by atoms with Gasteiger partial charge in [0.15, 0.2) is 5.78 Å². The van der Waals surface area contributed by atoms with Gasteiger partial charge in [-0.15, -0.1) is 0 Å². The number of hydrogen-bond donors (Lipinski definition) is 1. The summed E-state index contributed by atoms with van der Waals surface area (Å²) in [7, 11) is 1.58. The number of aliphatic hydroxyl groups excluding tert-OH is 1. The number of aliphatic hydroxyl groups is 1. The van der Waals surface area contributed by atoms with Crippen LogP contribution in [-0.4, -0.2) is 73.7 Å². The number of carbonyl (C=O) groups excluding carboxylic acids is 1. The molecule has 1 aliphatic heterocycles. The van der Waals surface area contributed by atoms with Crippen LogP contribution >= 0.6 is 0 Å². The van der Waals surface area contributed by atoms with Crippen molar-refractivity contribution < 1.29 is 14.6 Å². The molecular weight excluding hydrogens is 256 g/mol. The molecule has 20 heavy (non-hydrogen) atoms. The van der Waals surface area contributed by atoms with E-state index in [1.54, 1.807) is 7.11 Å². The molecule has 5 heteroatoms. The summed E-state index contributed by atoms with van der Waals surface area (Å²) in [6.07, 6.45) is 0. The van der Waals surface area contributed by atoms with E-state index >= 15 is 0 Å². The molecule has 1 N–H and O–H groups in total. The number of para-hydroxylation sites is 1. The summed E-state index contributed by atoms with van der Waals surface area (Å²) in [6.45, 7) is 4.86. The maximum Gasteiger partial charge on any atom is 0.180 e. The Bertz CT molecular complexity index is 442. The van der Waals surface area contributed by atoms with Gasteiger partial charge in [0, 0.05) is 32.7 Å². The normalized spacial score (nSPS) is 17.1. The van der Waals surface area contributed by atoms with Gasteiger partial charge in [0.1, 0.15) is 5.75 Å². The van der Waals surface area contributed by atoms with E-state index < -0.39 is 0 Å². The van der Waals surface area contributed by atoms with Crippen molar-refractivity contribution in [2.75, 3.05) is 53.0 Å². The summed E-state index contributed by atoms with van der Waals surface area (Å²) in [5, 5.41) is 8.91. The first kappa shape index (κ1) is 15.0. The maximum atomic E-state index is 12.3. The molecule has 0 aliphatic carbocycles. The van der Waals surface area contributed by atoms with E-state index in [4.69, 9.17) is 9.84 Å². The number of Topliss-reactive ketones (excluding diaryl/α,β-unsaturated/α-hetero) is 1. The van der Waals surface area contributed by atoms with Gasteiger partial charge in [0.2, 0.25) is 0 Å². The summed E-state index contributed by atoms with van der Waals surface area (Å²) in [6, 6.07) is 7.34. The largest absolute Gasteiger partial charge is 0.496 e. The highest BCUT2D eigenvalue weighted by molar-refractivity contribution is 6.00. The molecule has 1 saturated heterocycles. The predicted octanol–water partition coefficient (Wildman–Crippen LogP) is 0.488. The molecule has 110 valence electrons. The number of β-amino-alcohol motifs (C(OH)–C–C–N with tert-alkyl or cyclic N) is 1. The highest BCUT2D eigenvalue weighted by atomic mass is 16.5. The number of hydrogen-bond acceptors (Lipinski definition) is 5. The Balaban J connectivity index is 1.89. The van der Waals surface area contributed by atoms with Gasteiger partial charge in [-0.25, -0.2) is 0 Å². The van der Waals surface area contributed by atoms with E-state index in [1.807, 2.05) is 24.3 Å². The average Bonchev–Trinajstić information content (AvgIpc) is 2.49. The lowest BCUT2D eigenvalue weighted by Crippen LogP contribution is -2.48. The molecule has 1 aromatic carbocycles. The molecule has 0 atom stereocenters. The standard InChI is InChI=1S/C15H22N2O3/c1-20-15-5-3-2-4-13(15)14(19)12-17-8-6-16(7-9-17)10-11-18/h2-5,18H,6-12H2,1H3. The minimum atomic E-state index is 0.0954. The summed E-state index contributed by atoms with van der Waals surface area (Å²) in [5.41, 5.74) is 0.646. The third kappa shape index (κ3) is 3.79. The lowest BCUT2D eigenvalue weighted by Gasteiger charge is -2.33. The van der Waals surface area contributed by atoms with Crippen LogP contribution in [0.4, 0.5) is 0 Å². The van der Waals surface area contributed by atoms with Crippen molar-refractivity contribution in [3.05, 3.63) is 29.8 Å². The molecule has 0 unspecified atom stereocenters. The smallest absolute Gasteiger partial charge is 0.180 e. The van der Waals surface area contributed by atoms with Crippen LogP contribution in [0, 0.1) is 0 Å². The lowest BCUT2D eigenvalue weighted by molar-refractivity contribution is 0.0820. The van der Waals surface area contributed by atoms with Crippen molar-refractivity contribution >= 4 is 5.78 Å². The molecular formula is C15H22N2O3. The molecule has 0 spiro atoms. The van der Waals surface area contributed by atoms with E-state index in [1.165, 1.54) is 0 Å². The topological polar surface area (TPSA) is 53.0 Å². The fourth-order valence-corrected chi connectivity index (χ4v) is 2.48. The van der Waals surface area contributed by atoms with Gasteiger partial charge in [0.25, 0.3) is 0 Å². The number of rotatable bonds is 6. The van der Waals surface area contributed by atoms with E-state index in [0.29, 0.717) is 24.4 Å². The zero-order valence-corrected chi connectivity index (χ0v) is 11.9. The Morgan fingerprint density at radius 2 is 1.85 bits per heavy atom. The Morgan fingerprint density at radius 3 is 2.50 bits per heavy atom. The molecule has 0 radical (unpaired) electrons. The van der Waals surface area contributed by atoms with Crippen LogP contribution < -0.4 is 4.74 Å². The highest BCUT2D eigenvalue weighted by Crippen LogP contribution is 2.18. The monoisotopic (exact) mass is 278 g/mol. The number of methoxy groups -OCH3 is 1. The summed E-state index contributed by atoms with van der Waals surface area (Å²) in [4.78, 5) is 16.7. The molecule has 1 aliphatic rings. The minimum absolute atomic E-state index is 0.0954. The lowest BCUT2D eigenvalue weighted by atomic mass is 10.1. The Morgan fingerprint density at radius 1 is 1.20 bits per heavy atom. The molecule has 0 amide bonds. The summed E-state index contributed by atoms with van der Waals surface area (Å²) in [5.74, 6) is 0.731. The van der Waals surface area contributed by atoms with Crippen LogP contribution in [0.25, 0.3) is 0 Å². The second-order valence-corrected chi connectivity index (χ2v) is 4.96. The molecule has 0 aromatic heterocycles. The van der Waals surface area contributed by atoms with E-state index in [-0.39, 0.29) is 12.4 Å². The van der Waals surface area contributed by atoms with Gasteiger partial charge in [-0.05, 0) is 12.1 Å². The van der Waals surface area contributed by atoms with Crippen molar-refractivity contribution in [2.45, 2.75) is 0 Å². The van der Waals surface area contributed by atoms with E-state index in [2.05, 4.69) is 9.80 Å². The maximum absolute atomic E-state index is 12.3. The van der Waals surface area contributed by atoms with Gasteiger partial charge in [0.05, 0.1) is 25.8 Å². The van der Waals surface area contributed by atoms with Crippen LogP contribution in [0.3, 0.4) is 0 Å². The molecule has 1 aromatic rings. The second kappa shape index (κ2) is 7.38. The number of nitrogens with zero attached hydrogens (tertiary/aromatic N) is 2. The highest BCUT2D eigenvalue weighted by Gasteiger charge is 2.20. The first-order chi connectivity index (χ1) is 9.74. The van der Waals surface area contributed by atoms with E-state index in [9.17, 15) is 4.79 Å². The fraction of sp³-hybridized carbons (Fsp3) is 0.533. The Labute approximate surface area is 119 Å². The minimum Gasteiger partial charge on any atom is -0.496 e. The van der Waals surface area contributed by atoms with Crippen molar-refractivity contribution in [3.8, 4) is 5.75 Å². The number of benzene rings is 1. The van der Waals surface area contributed by atoms with Crippen LogP contribution in [-0.2, 0) is 0 Å². The van der Waals surface area contributed by atoms with Crippen LogP contribution in [0.2, 0.25) is 0 Å². The molecule has 0 bridgehead atoms. The van der Waals surface area contributed by atoms with Gasteiger partial charge in [-0.3, -0.25) is 14.6 Å². The average molecular weight is 278 g/mol. The van der Waals surface area contributed by atoms with Crippen molar-refractivity contribution in [1.29, 1.82) is 0 Å². The van der Waals surface area contributed by atoms with Crippen molar-refractivity contribution in [1.82, 2.24) is 9.80 Å². The van der Waals surface area contributed by atoms with Gasteiger partial charge >= 0.3 is 0 Å². The molecule has 1 heterocycles. The van der Waals surface area contributed by atoms with Gasteiger partial charge in [-0.2, -0.15) is 0 Å². The first-order valence-electron chi connectivity index (χ1n) is 6.96. The van der Waals surface area contributed by atoms with Crippen LogP contribution in [0.15, 0.2) is 24.3 Å². The molecule has 0 saturated carbocycles. The second-order valence-electron chi connectivity index (χ2n) is 4.96. The molecule has 1 fully saturated rings. The fourth-order valence-electron chi connectivity index (χ4n) is 2.48. The Hall–Kier alpha value is -1.43. The number of ether oxygens (including phenoxy) is 1. The molecule has 2 rings (SSSR count).